The summed E-state index contributed by atoms with van der Waals surface area (Å²) in [5.41, 5.74) is 1.32. The molecular weight excluding hydrogens is 310 g/mol. The van der Waals surface area contributed by atoms with E-state index in [9.17, 15) is 14.4 Å². The maximum atomic E-state index is 12.1. The molecule has 0 N–H and O–H groups in total. The van der Waals surface area contributed by atoms with E-state index in [0.29, 0.717) is 17.2 Å². The summed E-state index contributed by atoms with van der Waals surface area (Å²) in [5, 5.41) is 0.523. The van der Waals surface area contributed by atoms with Crippen molar-refractivity contribution in [3.63, 3.8) is 0 Å². The highest BCUT2D eigenvalue weighted by Gasteiger charge is 2.38. The molecule has 1 aliphatic rings. The lowest BCUT2D eigenvalue weighted by atomic mass is 10.1. The molecule has 0 fully saturated rings. The summed E-state index contributed by atoms with van der Waals surface area (Å²) in [6.07, 6.45) is 0.403. The summed E-state index contributed by atoms with van der Waals surface area (Å²) in [7, 11) is 1.55. The van der Waals surface area contributed by atoms with Crippen molar-refractivity contribution in [2.45, 2.75) is 12.8 Å². The lowest BCUT2D eigenvalue weighted by Gasteiger charge is -2.13. The number of ether oxygens (including phenoxy) is 1. The molecule has 0 unspecified atom stereocenters. The van der Waals surface area contributed by atoms with E-state index in [1.165, 1.54) is 12.1 Å². The average molecular weight is 325 g/mol. The fraction of sp³-hybridized carbons (Fsp3) is 0.167. The molecule has 122 valence electrons. The Morgan fingerprint density at radius 2 is 1.54 bits per heavy atom. The van der Waals surface area contributed by atoms with Crippen molar-refractivity contribution < 1.29 is 24.0 Å². The number of amides is 2. The molecule has 6 nitrogen and oxygen atoms in total. The molecule has 0 aromatic heterocycles. The van der Waals surface area contributed by atoms with Gasteiger partial charge < -0.3 is 9.57 Å². The predicted molar refractivity (Wildman–Crippen MR) is 84.3 cm³/mol. The molecule has 2 aromatic rings. The maximum Gasteiger partial charge on any atom is 0.333 e. The molecular formula is C18H15NO5. The number of carbonyl (C=O) groups is 3. The smallest absolute Gasteiger partial charge is 0.333 e. The molecule has 1 heterocycles. The minimum Gasteiger partial charge on any atom is -0.496 e. The molecule has 0 saturated carbocycles. The molecule has 0 bridgehead atoms. The van der Waals surface area contributed by atoms with E-state index in [-0.39, 0.29) is 17.5 Å². The van der Waals surface area contributed by atoms with Gasteiger partial charge in [0.15, 0.2) is 0 Å². The Kier molecular flexibility index (Phi) is 4.29. The first-order valence-corrected chi connectivity index (χ1v) is 7.42. The SMILES string of the molecule is COc1ccccc1CCC(=O)ON1C(=O)c2ccccc2C1=O. The van der Waals surface area contributed by atoms with Gasteiger partial charge in [-0.2, -0.15) is 0 Å². The zero-order valence-electron chi connectivity index (χ0n) is 13.0. The summed E-state index contributed by atoms with van der Waals surface area (Å²) in [6.45, 7) is 0. The molecule has 0 aliphatic carbocycles. The van der Waals surface area contributed by atoms with Gasteiger partial charge >= 0.3 is 5.97 Å². The zero-order chi connectivity index (χ0) is 17.1. The first-order chi connectivity index (χ1) is 11.6. The molecule has 0 saturated heterocycles. The van der Waals surface area contributed by atoms with Crippen LogP contribution in [0.4, 0.5) is 0 Å². The van der Waals surface area contributed by atoms with E-state index in [1.807, 2.05) is 18.2 Å². The van der Waals surface area contributed by atoms with Crippen LogP contribution < -0.4 is 4.74 Å². The Bertz CT molecular complexity index is 780. The lowest BCUT2D eigenvalue weighted by molar-refractivity contribution is -0.168. The first-order valence-electron chi connectivity index (χ1n) is 7.42. The van der Waals surface area contributed by atoms with Crippen LogP contribution in [0.2, 0.25) is 0 Å². The minimum absolute atomic E-state index is 0.0216. The largest absolute Gasteiger partial charge is 0.496 e. The second-order valence-electron chi connectivity index (χ2n) is 5.23. The number of para-hydroxylation sites is 1. The molecule has 2 amide bonds. The van der Waals surface area contributed by atoms with Gasteiger partial charge in [-0.15, -0.1) is 0 Å². The maximum absolute atomic E-state index is 12.1. The summed E-state index contributed by atoms with van der Waals surface area (Å²) < 4.78 is 5.22. The van der Waals surface area contributed by atoms with Crippen molar-refractivity contribution in [2.24, 2.45) is 0 Å². The van der Waals surface area contributed by atoms with Gasteiger partial charge in [0.2, 0.25) is 0 Å². The van der Waals surface area contributed by atoms with Crippen molar-refractivity contribution >= 4 is 17.8 Å². The number of rotatable bonds is 5. The van der Waals surface area contributed by atoms with Gasteiger partial charge in [0.1, 0.15) is 5.75 Å². The number of imide groups is 1. The van der Waals surface area contributed by atoms with Gasteiger partial charge in [-0.05, 0) is 30.2 Å². The summed E-state index contributed by atoms with van der Waals surface area (Å²) in [4.78, 5) is 41.2. The van der Waals surface area contributed by atoms with Crippen LogP contribution in [-0.4, -0.2) is 30.0 Å². The van der Waals surface area contributed by atoms with Crippen LogP contribution in [0.25, 0.3) is 0 Å². The summed E-state index contributed by atoms with van der Waals surface area (Å²) in [5.74, 6) is -1.23. The van der Waals surface area contributed by atoms with E-state index in [2.05, 4.69) is 0 Å². The molecule has 2 aromatic carbocycles. The number of fused-ring (bicyclic) bond motifs is 1. The number of benzene rings is 2. The third kappa shape index (κ3) is 2.86. The van der Waals surface area contributed by atoms with Crippen LogP contribution in [0.15, 0.2) is 48.5 Å². The van der Waals surface area contributed by atoms with Crippen LogP contribution in [0.5, 0.6) is 5.75 Å². The van der Waals surface area contributed by atoms with Crippen LogP contribution in [0, 0.1) is 0 Å². The van der Waals surface area contributed by atoms with Crippen LogP contribution in [-0.2, 0) is 16.1 Å². The van der Waals surface area contributed by atoms with Gasteiger partial charge in [-0.25, -0.2) is 4.79 Å². The van der Waals surface area contributed by atoms with Crippen molar-refractivity contribution in [1.29, 1.82) is 0 Å². The highest BCUT2D eigenvalue weighted by atomic mass is 16.7. The van der Waals surface area contributed by atoms with Gasteiger partial charge in [0.05, 0.1) is 24.7 Å². The quantitative estimate of drug-likeness (QED) is 0.789. The molecule has 24 heavy (non-hydrogen) atoms. The number of nitrogens with zero attached hydrogens (tertiary/aromatic N) is 1. The fourth-order valence-corrected chi connectivity index (χ4v) is 2.54. The summed E-state index contributed by atoms with van der Waals surface area (Å²) >= 11 is 0. The Labute approximate surface area is 138 Å². The molecule has 0 radical (unpaired) electrons. The molecule has 1 aliphatic heterocycles. The van der Waals surface area contributed by atoms with E-state index in [0.717, 1.165) is 5.56 Å². The van der Waals surface area contributed by atoms with Crippen LogP contribution in [0.1, 0.15) is 32.7 Å². The van der Waals surface area contributed by atoms with Crippen LogP contribution in [0.3, 0.4) is 0 Å². The second-order valence-corrected chi connectivity index (χ2v) is 5.23. The number of carbonyl (C=O) groups excluding carboxylic acids is 3. The number of hydrogen-bond donors (Lipinski definition) is 0. The fourth-order valence-electron chi connectivity index (χ4n) is 2.54. The van der Waals surface area contributed by atoms with E-state index in [4.69, 9.17) is 9.57 Å². The van der Waals surface area contributed by atoms with Gasteiger partial charge in [0.25, 0.3) is 11.8 Å². The number of methoxy groups -OCH3 is 1. The van der Waals surface area contributed by atoms with E-state index in [1.54, 1.807) is 25.3 Å². The molecule has 0 spiro atoms. The van der Waals surface area contributed by atoms with Crippen LogP contribution >= 0.6 is 0 Å². The van der Waals surface area contributed by atoms with Crippen molar-refractivity contribution in [2.75, 3.05) is 7.11 Å². The monoisotopic (exact) mass is 325 g/mol. The van der Waals surface area contributed by atoms with Gasteiger partial charge in [-0.3, -0.25) is 9.59 Å². The average Bonchev–Trinajstić information content (AvgIpc) is 2.85. The number of hydroxylamine groups is 2. The van der Waals surface area contributed by atoms with E-state index < -0.39 is 17.8 Å². The third-order valence-corrected chi connectivity index (χ3v) is 3.74. The number of hydrogen-bond acceptors (Lipinski definition) is 5. The Hall–Kier alpha value is -3.15. The highest BCUT2D eigenvalue weighted by Crippen LogP contribution is 2.23. The Morgan fingerprint density at radius 1 is 0.958 bits per heavy atom. The Morgan fingerprint density at radius 3 is 2.17 bits per heavy atom. The number of aryl methyl sites for hydroxylation is 1. The first kappa shape index (κ1) is 15.7. The zero-order valence-corrected chi connectivity index (χ0v) is 13.0. The van der Waals surface area contributed by atoms with Gasteiger partial charge in [0, 0.05) is 0 Å². The normalized spacial score (nSPS) is 13.0. The second kappa shape index (κ2) is 6.54. The molecule has 6 heteroatoms. The minimum atomic E-state index is -0.657. The van der Waals surface area contributed by atoms with Crippen molar-refractivity contribution in [1.82, 2.24) is 5.06 Å². The molecule has 0 atom stereocenters. The standard InChI is InChI=1S/C18H15NO5/c1-23-15-9-5-2-6-12(15)10-11-16(20)24-19-17(21)13-7-3-4-8-14(13)18(19)22/h2-9H,10-11H2,1H3. The summed E-state index contributed by atoms with van der Waals surface area (Å²) in [6, 6.07) is 13.7. The molecule has 3 rings (SSSR count). The Balaban J connectivity index is 1.64. The third-order valence-electron chi connectivity index (χ3n) is 3.74. The predicted octanol–water partition coefficient (Wildman–Crippen LogP) is 2.38. The lowest BCUT2D eigenvalue weighted by Crippen LogP contribution is -2.32. The topological polar surface area (TPSA) is 72.9 Å². The van der Waals surface area contributed by atoms with Crippen molar-refractivity contribution in [3.8, 4) is 5.75 Å². The van der Waals surface area contributed by atoms with E-state index >= 15 is 0 Å². The van der Waals surface area contributed by atoms with Gasteiger partial charge in [-0.1, -0.05) is 35.4 Å². The highest BCUT2D eigenvalue weighted by molar-refractivity contribution is 6.20. The van der Waals surface area contributed by atoms with Crippen molar-refractivity contribution in [3.05, 3.63) is 65.2 Å².